The molecule has 4 atom stereocenters. The van der Waals surface area contributed by atoms with Crippen LogP contribution in [-0.4, -0.2) is 72.0 Å². The first-order valence-corrected chi connectivity index (χ1v) is 16.1. The van der Waals surface area contributed by atoms with E-state index in [1.807, 2.05) is 19.1 Å². The molecular formula is C35H45N5O6. The number of alkyl carbamates (subject to hydrolysis) is 1. The molecule has 2 aromatic carbocycles. The molecule has 1 fully saturated rings. The molecule has 246 valence electrons. The molecule has 4 unspecified atom stereocenters. The van der Waals surface area contributed by atoms with Gasteiger partial charge in [0.25, 0.3) is 5.91 Å². The number of nitrogens with one attached hydrogen (secondary N) is 2. The fourth-order valence-electron chi connectivity index (χ4n) is 6.68. The van der Waals surface area contributed by atoms with Gasteiger partial charge in [0, 0.05) is 49.5 Å². The van der Waals surface area contributed by atoms with Crippen LogP contribution in [0.3, 0.4) is 0 Å². The Kier molecular flexibility index (Phi) is 9.49. The van der Waals surface area contributed by atoms with Gasteiger partial charge < -0.3 is 24.8 Å². The van der Waals surface area contributed by atoms with Gasteiger partial charge in [-0.15, -0.1) is 0 Å². The summed E-state index contributed by atoms with van der Waals surface area (Å²) in [5.41, 5.74) is 6.54. The van der Waals surface area contributed by atoms with E-state index in [-0.39, 0.29) is 30.1 Å². The third kappa shape index (κ3) is 7.56. The number of nitriles is 1. The minimum atomic E-state index is -1.04. The lowest BCUT2D eigenvalue weighted by molar-refractivity contribution is -0.153. The number of carbonyl (C=O) groups excluding carboxylic acids is 3. The predicted molar refractivity (Wildman–Crippen MR) is 173 cm³/mol. The summed E-state index contributed by atoms with van der Waals surface area (Å²) >= 11 is 0. The molecule has 11 nitrogen and oxygen atoms in total. The number of fused-ring (bicyclic) bond motifs is 6. The summed E-state index contributed by atoms with van der Waals surface area (Å²) in [7, 11) is 0. The third-order valence-electron chi connectivity index (χ3n) is 8.84. The van der Waals surface area contributed by atoms with Crippen LogP contribution >= 0.6 is 0 Å². The molecule has 3 N–H and O–H groups in total. The van der Waals surface area contributed by atoms with Crippen molar-refractivity contribution in [2.24, 2.45) is 5.92 Å². The summed E-state index contributed by atoms with van der Waals surface area (Å²) < 4.78 is 11.2. The van der Waals surface area contributed by atoms with Crippen molar-refractivity contribution < 1.29 is 29.0 Å². The monoisotopic (exact) mass is 631 g/mol. The Labute approximate surface area is 270 Å². The smallest absolute Gasteiger partial charge is 0.408 e. The Morgan fingerprint density at radius 2 is 2.00 bits per heavy atom. The van der Waals surface area contributed by atoms with Gasteiger partial charge in [0.05, 0.1) is 12.7 Å². The molecule has 0 aliphatic carbocycles. The van der Waals surface area contributed by atoms with Crippen molar-refractivity contribution in [3.8, 4) is 22.9 Å². The number of nitrogens with zero attached hydrogens (tertiary/aromatic N) is 3. The summed E-state index contributed by atoms with van der Waals surface area (Å²) in [4.78, 5) is 42.3. The molecular weight excluding hydrogens is 586 g/mol. The molecule has 2 amide bonds. The van der Waals surface area contributed by atoms with Crippen molar-refractivity contribution in [1.29, 1.82) is 5.26 Å². The minimum absolute atomic E-state index is 0.00811. The van der Waals surface area contributed by atoms with Crippen LogP contribution in [0.2, 0.25) is 0 Å². The number of hydrazine groups is 1. The number of esters is 1. The number of anilines is 1. The van der Waals surface area contributed by atoms with E-state index in [1.165, 1.54) is 5.01 Å². The number of phenolic OH excluding ortho intramolecular Hbond substituents is 1. The van der Waals surface area contributed by atoms with Crippen molar-refractivity contribution in [2.75, 3.05) is 31.1 Å². The highest BCUT2D eigenvalue weighted by atomic mass is 16.6. The van der Waals surface area contributed by atoms with Crippen LogP contribution in [0.5, 0.6) is 5.75 Å². The van der Waals surface area contributed by atoms with E-state index in [1.54, 1.807) is 32.9 Å². The van der Waals surface area contributed by atoms with E-state index in [9.17, 15) is 24.8 Å². The quantitative estimate of drug-likeness (QED) is 0.415. The molecule has 11 heteroatoms. The summed E-state index contributed by atoms with van der Waals surface area (Å²) in [5, 5.41) is 24.3. The Morgan fingerprint density at radius 3 is 2.74 bits per heavy atom. The van der Waals surface area contributed by atoms with Crippen molar-refractivity contribution in [1.82, 2.24) is 15.8 Å². The molecule has 6 bridgehead atoms. The fraction of sp³-hybridized carbons (Fsp3) is 0.543. The highest BCUT2D eigenvalue weighted by Gasteiger charge is 2.40. The standard InChI is InChI=1S/C35H45N5O6/c1-22-19-39-21-35(5,11-7-12-36)27-10-9-24(18-30(27)39)25-14-23(15-26(41)17-25)16-29(37-33(44)46-34(2,3)4)31(42)40-13-6-8-28(38-40)32(43)45-20-22/h9-10,14-15,17-18,22,28-29,38,41H,6-8,11,13,16,19-21H2,1-5H3,(H,37,44). The first-order valence-electron chi connectivity index (χ1n) is 16.1. The van der Waals surface area contributed by atoms with Crippen LogP contribution in [0.4, 0.5) is 10.5 Å². The first-order chi connectivity index (χ1) is 21.7. The van der Waals surface area contributed by atoms with E-state index in [0.29, 0.717) is 37.9 Å². The second kappa shape index (κ2) is 13.2. The van der Waals surface area contributed by atoms with Gasteiger partial charge in [0.1, 0.15) is 23.4 Å². The molecule has 3 aliphatic rings. The molecule has 46 heavy (non-hydrogen) atoms. The Morgan fingerprint density at radius 1 is 1.22 bits per heavy atom. The Balaban J connectivity index is 1.56. The summed E-state index contributed by atoms with van der Waals surface area (Å²) in [6.07, 6.45) is 1.58. The average molecular weight is 632 g/mol. The summed E-state index contributed by atoms with van der Waals surface area (Å²) in [6, 6.07) is 12.0. The zero-order valence-corrected chi connectivity index (χ0v) is 27.4. The van der Waals surface area contributed by atoms with Gasteiger partial charge in [0.15, 0.2) is 0 Å². The highest BCUT2D eigenvalue weighted by Crippen LogP contribution is 2.45. The normalized spacial score (nSPS) is 25.2. The lowest BCUT2D eigenvalue weighted by atomic mass is 9.80. The minimum Gasteiger partial charge on any atom is -0.508 e. The van der Waals surface area contributed by atoms with Gasteiger partial charge >= 0.3 is 12.1 Å². The number of phenols is 1. The van der Waals surface area contributed by atoms with Crippen LogP contribution in [-0.2, 0) is 30.9 Å². The number of rotatable bonds is 3. The summed E-state index contributed by atoms with van der Waals surface area (Å²) in [6.45, 7) is 11.4. The highest BCUT2D eigenvalue weighted by molar-refractivity contribution is 5.87. The molecule has 0 spiro atoms. The van der Waals surface area contributed by atoms with Crippen LogP contribution in [0.1, 0.15) is 71.4 Å². The molecule has 1 saturated heterocycles. The number of hydrogen-bond donors (Lipinski definition) is 3. The first kappa shape index (κ1) is 33.1. The molecule has 3 heterocycles. The second-order valence-corrected chi connectivity index (χ2v) is 14.2. The van der Waals surface area contributed by atoms with Crippen molar-refractivity contribution in [2.45, 2.75) is 89.8 Å². The lowest BCUT2D eigenvalue weighted by Crippen LogP contribution is -2.60. The average Bonchev–Trinajstić information content (AvgIpc) is 3.27. The van der Waals surface area contributed by atoms with Crippen LogP contribution in [0, 0.1) is 17.2 Å². The van der Waals surface area contributed by atoms with Gasteiger partial charge in [-0.2, -0.15) is 5.26 Å². The number of benzene rings is 2. The largest absolute Gasteiger partial charge is 0.508 e. The van der Waals surface area contributed by atoms with Gasteiger partial charge in [-0.1, -0.05) is 32.0 Å². The predicted octanol–water partition coefficient (Wildman–Crippen LogP) is 4.56. The molecule has 0 radical (unpaired) electrons. The maximum atomic E-state index is 13.9. The number of carbonyl (C=O) groups is 3. The number of hydrogen-bond acceptors (Lipinski definition) is 9. The van der Waals surface area contributed by atoms with Crippen LogP contribution < -0.4 is 15.6 Å². The zero-order valence-electron chi connectivity index (χ0n) is 27.4. The zero-order chi connectivity index (χ0) is 33.2. The van der Waals surface area contributed by atoms with E-state index < -0.39 is 35.7 Å². The molecule has 2 aromatic rings. The number of aromatic hydroxyl groups is 1. The third-order valence-corrected chi connectivity index (χ3v) is 8.84. The number of ether oxygens (including phenoxy) is 2. The van der Waals surface area contributed by atoms with Gasteiger partial charge in [-0.05, 0) is 80.5 Å². The Hall–Kier alpha value is -4.30. The van der Waals surface area contributed by atoms with Crippen molar-refractivity contribution >= 4 is 23.7 Å². The maximum Gasteiger partial charge on any atom is 0.408 e. The van der Waals surface area contributed by atoms with Crippen LogP contribution in [0.25, 0.3) is 11.1 Å². The van der Waals surface area contributed by atoms with Gasteiger partial charge in [0.2, 0.25) is 0 Å². The number of cyclic esters (lactones) is 1. The van der Waals surface area contributed by atoms with Crippen LogP contribution in [0.15, 0.2) is 36.4 Å². The Bertz CT molecular complexity index is 1530. The molecule has 0 saturated carbocycles. The lowest BCUT2D eigenvalue weighted by Gasteiger charge is -2.35. The van der Waals surface area contributed by atoms with E-state index in [4.69, 9.17) is 9.47 Å². The number of amides is 2. The van der Waals surface area contributed by atoms with Crippen molar-refractivity contribution in [3.05, 3.63) is 47.5 Å². The van der Waals surface area contributed by atoms with E-state index in [2.05, 4.69) is 40.8 Å². The topological polar surface area (TPSA) is 144 Å². The fourth-order valence-corrected chi connectivity index (χ4v) is 6.68. The van der Waals surface area contributed by atoms with E-state index in [0.717, 1.165) is 35.3 Å². The second-order valence-electron chi connectivity index (χ2n) is 14.2. The SMILES string of the molecule is CC1COC(=O)C2CCCN(N2)C(=O)C(NC(=O)OC(C)(C)C)Cc2cc(O)cc(c2)-c2ccc3c(c2)N(C1)CC3(C)CCC#N. The van der Waals surface area contributed by atoms with Gasteiger partial charge in [-0.25, -0.2) is 10.2 Å². The molecule has 3 aliphatic heterocycles. The molecule has 0 aromatic heterocycles. The van der Waals surface area contributed by atoms with Crippen molar-refractivity contribution in [3.63, 3.8) is 0 Å². The van der Waals surface area contributed by atoms with Gasteiger partial charge in [-0.3, -0.25) is 14.6 Å². The summed E-state index contributed by atoms with van der Waals surface area (Å²) in [5.74, 6) is -0.807. The molecule has 5 rings (SSSR count). The maximum absolute atomic E-state index is 13.9. The van der Waals surface area contributed by atoms with E-state index >= 15 is 0 Å².